The normalized spacial score (nSPS) is 22.2. The van der Waals surface area contributed by atoms with E-state index in [9.17, 15) is 9.59 Å². The van der Waals surface area contributed by atoms with Gasteiger partial charge in [0, 0.05) is 13.0 Å². The lowest BCUT2D eigenvalue weighted by atomic mass is 9.85. The van der Waals surface area contributed by atoms with Crippen molar-refractivity contribution in [3.8, 4) is 0 Å². The zero-order valence-electron chi connectivity index (χ0n) is 13.5. The zero-order chi connectivity index (χ0) is 16.6. The molecule has 2 aliphatic rings. The van der Waals surface area contributed by atoms with Crippen molar-refractivity contribution >= 4 is 22.9 Å². The lowest BCUT2D eigenvalue weighted by molar-refractivity contribution is -0.149. The van der Waals surface area contributed by atoms with Crippen molar-refractivity contribution in [3.63, 3.8) is 0 Å². The molecule has 2 N–H and O–H groups in total. The second-order valence-corrected chi connectivity index (χ2v) is 6.74. The van der Waals surface area contributed by atoms with Gasteiger partial charge >= 0.3 is 5.97 Å². The molecule has 1 aromatic heterocycles. The summed E-state index contributed by atoms with van der Waals surface area (Å²) in [5.41, 5.74) is 1.39. The van der Waals surface area contributed by atoms with Crippen LogP contribution >= 0.6 is 0 Å². The molecule has 6 heteroatoms. The highest BCUT2D eigenvalue weighted by molar-refractivity contribution is 5.88. The van der Waals surface area contributed by atoms with Crippen LogP contribution in [0.1, 0.15) is 37.9 Å². The van der Waals surface area contributed by atoms with E-state index in [0.29, 0.717) is 13.0 Å². The van der Waals surface area contributed by atoms with Crippen molar-refractivity contribution in [1.82, 2.24) is 15.3 Å². The monoisotopic (exact) mass is 327 g/mol. The van der Waals surface area contributed by atoms with Crippen molar-refractivity contribution < 1.29 is 14.3 Å². The highest BCUT2D eigenvalue weighted by Gasteiger charge is 2.53. The largest absolute Gasteiger partial charge is 0.458 e. The fraction of sp³-hybridized carbons (Fsp3) is 0.500. The Morgan fingerprint density at radius 1 is 1.33 bits per heavy atom. The molecule has 6 nitrogen and oxygen atoms in total. The van der Waals surface area contributed by atoms with Crippen molar-refractivity contribution in [2.75, 3.05) is 6.54 Å². The summed E-state index contributed by atoms with van der Waals surface area (Å²) in [6.45, 7) is 0.499. The topological polar surface area (TPSA) is 84.1 Å². The number of esters is 1. The Labute approximate surface area is 140 Å². The molecule has 0 radical (unpaired) electrons. The van der Waals surface area contributed by atoms with Gasteiger partial charge in [-0.05, 0) is 37.8 Å². The van der Waals surface area contributed by atoms with Crippen molar-refractivity contribution in [3.05, 3.63) is 30.1 Å². The van der Waals surface area contributed by atoms with Crippen LogP contribution in [0.5, 0.6) is 0 Å². The van der Waals surface area contributed by atoms with E-state index in [1.165, 1.54) is 0 Å². The first-order chi connectivity index (χ1) is 11.7. The van der Waals surface area contributed by atoms with Gasteiger partial charge in [-0.2, -0.15) is 0 Å². The van der Waals surface area contributed by atoms with Gasteiger partial charge in [0.25, 0.3) is 0 Å². The van der Waals surface area contributed by atoms with Crippen molar-refractivity contribution in [1.29, 1.82) is 0 Å². The molecule has 2 fully saturated rings. The molecule has 1 amide bonds. The SMILES string of the molecule is O=C1CC(C(=O)NCCc2nc3ccccc3[nH]2)C2(CCCC2)O1. The number of benzene rings is 1. The van der Waals surface area contributed by atoms with Crippen LogP contribution in [-0.4, -0.2) is 34.0 Å². The van der Waals surface area contributed by atoms with Crippen LogP contribution in [0, 0.1) is 5.92 Å². The number of aromatic nitrogens is 2. The highest BCUT2D eigenvalue weighted by Crippen LogP contribution is 2.45. The summed E-state index contributed by atoms with van der Waals surface area (Å²) in [6.07, 6.45) is 4.50. The molecule has 1 unspecified atom stereocenters. The molecular formula is C18H21N3O3. The number of imidazole rings is 1. The number of rotatable bonds is 4. The molecule has 1 saturated carbocycles. The maximum absolute atomic E-state index is 12.5. The van der Waals surface area contributed by atoms with Crippen LogP contribution in [-0.2, 0) is 20.7 Å². The van der Waals surface area contributed by atoms with Crippen LogP contribution in [0.2, 0.25) is 0 Å². The summed E-state index contributed by atoms with van der Waals surface area (Å²) in [4.78, 5) is 32.0. The lowest BCUT2D eigenvalue weighted by Crippen LogP contribution is -2.43. The number of hydrogen-bond donors (Lipinski definition) is 2. The average Bonchev–Trinajstić information content (AvgIpc) is 3.26. The summed E-state index contributed by atoms with van der Waals surface area (Å²) in [7, 11) is 0. The number of carbonyl (C=O) groups is 2. The number of carbonyl (C=O) groups excluding carboxylic acids is 2. The Kier molecular flexibility index (Phi) is 3.75. The van der Waals surface area contributed by atoms with Gasteiger partial charge in [0.15, 0.2) is 0 Å². The third-order valence-electron chi connectivity index (χ3n) is 5.19. The molecule has 24 heavy (non-hydrogen) atoms. The van der Waals surface area contributed by atoms with E-state index in [-0.39, 0.29) is 24.2 Å². The number of para-hydroxylation sites is 2. The third-order valence-corrected chi connectivity index (χ3v) is 5.19. The Morgan fingerprint density at radius 3 is 2.92 bits per heavy atom. The van der Waals surface area contributed by atoms with Gasteiger partial charge in [-0.25, -0.2) is 4.98 Å². The number of ether oxygens (including phenoxy) is 1. The Morgan fingerprint density at radius 2 is 2.12 bits per heavy atom. The lowest BCUT2D eigenvalue weighted by Gasteiger charge is -2.27. The van der Waals surface area contributed by atoms with E-state index in [1.54, 1.807) is 0 Å². The molecule has 126 valence electrons. The minimum Gasteiger partial charge on any atom is -0.458 e. The second kappa shape index (κ2) is 5.92. The molecule has 1 aliphatic carbocycles. The molecule has 1 aromatic carbocycles. The number of amides is 1. The number of nitrogens with zero attached hydrogens (tertiary/aromatic N) is 1. The minimum absolute atomic E-state index is 0.0705. The van der Waals surface area contributed by atoms with E-state index < -0.39 is 5.60 Å². The Hall–Kier alpha value is -2.37. The van der Waals surface area contributed by atoms with E-state index >= 15 is 0 Å². The molecule has 1 aliphatic heterocycles. The molecule has 0 bridgehead atoms. The molecule has 2 heterocycles. The molecule has 1 spiro atoms. The fourth-order valence-electron chi connectivity index (χ4n) is 4.00. The van der Waals surface area contributed by atoms with Crippen molar-refractivity contribution in [2.24, 2.45) is 5.92 Å². The van der Waals surface area contributed by atoms with Gasteiger partial charge < -0.3 is 15.0 Å². The summed E-state index contributed by atoms with van der Waals surface area (Å²) >= 11 is 0. The van der Waals surface area contributed by atoms with Gasteiger partial charge in [0.1, 0.15) is 11.4 Å². The van der Waals surface area contributed by atoms with E-state index in [4.69, 9.17) is 4.74 Å². The zero-order valence-corrected chi connectivity index (χ0v) is 13.5. The number of hydrogen-bond acceptors (Lipinski definition) is 4. The van der Waals surface area contributed by atoms with E-state index in [1.807, 2.05) is 24.3 Å². The first-order valence-corrected chi connectivity index (χ1v) is 8.59. The maximum Gasteiger partial charge on any atom is 0.307 e. The molecule has 2 aromatic rings. The van der Waals surface area contributed by atoms with Crippen LogP contribution < -0.4 is 5.32 Å². The summed E-state index contributed by atoms with van der Waals surface area (Å²) in [5.74, 6) is 0.196. The molecule has 4 rings (SSSR count). The maximum atomic E-state index is 12.5. The number of aromatic amines is 1. The van der Waals surface area contributed by atoms with E-state index in [2.05, 4.69) is 15.3 Å². The van der Waals surface area contributed by atoms with Gasteiger partial charge in [-0.3, -0.25) is 9.59 Å². The van der Waals surface area contributed by atoms with Crippen LogP contribution in [0.4, 0.5) is 0 Å². The van der Waals surface area contributed by atoms with Crippen LogP contribution in [0.25, 0.3) is 11.0 Å². The smallest absolute Gasteiger partial charge is 0.307 e. The number of fused-ring (bicyclic) bond motifs is 1. The van der Waals surface area contributed by atoms with Crippen molar-refractivity contribution in [2.45, 2.75) is 44.1 Å². The number of H-pyrrole nitrogens is 1. The average molecular weight is 327 g/mol. The number of nitrogens with one attached hydrogen (secondary N) is 2. The quantitative estimate of drug-likeness (QED) is 0.842. The third kappa shape index (κ3) is 2.66. The van der Waals surface area contributed by atoms with Crippen LogP contribution in [0.15, 0.2) is 24.3 Å². The van der Waals surface area contributed by atoms with Gasteiger partial charge in [0.2, 0.25) is 5.91 Å². The van der Waals surface area contributed by atoms with Gasteiger partial charge in [0.05, 0.1) is 23.4 Å². The molecule has 1 saturated heterocycles. The Bertz CT molecular complexity index is 744. The molecule has 1 atom stereocenters. The van der Waals surface area contributed by atoms with Crippen LogP contribution in [0.3, 0.4) is 0 Å². The standard InChI is InChI=1S/C18H21N3O3/c22-16-11-12(18(24-16)8-3-4-9-18)17(23)19-10-7-15-20-13-5-1-2-6-14(13)21-15/h1-2,5-6,12H,3-4,7-11H2,(H,19,23)(H,20,21). The van der Waals surface area contributed by atoms with E-state index in [0.717, 1.165) is 42.5 Å². The highest BCUT2D eigenvalue weighted by atomic mass is 16.6. The summed E-state index contributed by atoms with van der Waals surface area (Å²) in [6, 6.07) is 7.85. The first-order valence-electron chi connectivity index (χ1n) is 8.59. The summed E-state index contributed by atoms with van der Waals surface area (Å²) in [5, 5.41) is 2.96. The predicted octanol–water partition coefficient (Wildman–Crippen LogP) is 2.10. The predicted molar refractivity (Wildman–Crippen MR) is 88.2 cm³/mol. The molecular weight excluding hydrogens is 306 g/mol. The van der Waals surface area contributed by atoms with Gasteiger partial charge in [-0.15, -0.1) is 0 Å². The van der Waals surface area contributed by atoms with Gasteiger partial charge in [-0.1, -0.05) is 12.1 Å². The second-order valence-electron chi connectivity index (χ2n) is 6.74. The summed E-state index contributed by atoms with van der Waals surface area (Å²) < 4.78 is 5.53. The first kappa shape index (κ1) is 15.2. The fourth-order valence-corrected chi connectivity index (χ4v) is 4.00. The minimum atomic E-state index is -0.541. The Balaban J connectivity index is 1.37.